The standard InChI is InChI=1S/C21H35FN4O3/c1-13-3-4-18(22)17-10-19(24-20(13)17)21(28)23-15-9-16(12-29-11-15)26-7-5-25(6-8-26)14(2)27/h13,15-20,24H,3-12H2,1-2H3,(H,23,28)/t13?,15-,16-,17?,18?,19?,20?/m1/s1. The molecule has 1 aliphatic carbocycles. The number of fused-ring (bicyclic) bond motifs is 1. The van der Waals surface area contributed by atoms with Crippen molar-refractivity contribution >= 4 is 11.8 Å². The van der Waals surface area contributed by atoms with Gasteiger partial charge in [-0.2, -0.15) is 0 Å². The Balaban J connectivity index is 1.27. The lowest BCUT2D eigenvalue weighted by Crippen LogP contribution is -2.57. The number of alkyl halides is 1. The highest BCUT2D eigenvalue weighted by molar-refractivity contribution is 5.82. The summed E-state index contributed by atoms with van der Waals surface area (Å²) < 4.78 is 20.1. The van der Waals surface area contributed by atoms with E-state index in [2.05, 4.69) is 22.5 Å². The molecule has 3 saturated heterocycles. The third-order valence-electron chi connectivity index (χ3n) is 7.46. The van der Waals surface area contributed by atoms with Gasteiger partial charge in [0, 0.05) is 51.1 Å². The Morgan fingerprint density at radius 3 is 2.55 bits per heavy atom. The van der Waals surface area contributed by atoms with Crippen LogP contribution in [0.15, 0.2) is 0 Å². The molecule has 0 spiro atoms. The van der Waals surface area contributed by atoms with Crippen molar-refractivity contribution in [3.05, 3.63) is 0 Å². The molecular formula is C21H35FN4O3. The van der Waals surface area contributed by atoms with Gasteiger partial charge in [0.1, 0.15) is 6.17 Å². The first-order valence-electron chi connectivity index (χ1n) is 11.2. The molecule has 4 aliphatic rings. The minimum atomic E-state index is -0.794. The Labute approximate surface area is 172 Å². The van der Waals surface area contributed by atoms with Gasteiger partial charge in [0.25, 0.3) is 0 Å². The van der Waals surface area contributed by atoms with Gasteiger partial charge in [0.15, 0.2) is 0 Å². The lowest BCUT2D eigenvalue weighted by Gasteiger charge is -2.42. The quantitative estimate of drug-likeness (QED) is 0.711. The highest BCUT2D eigenvalue weighted by atomic mass is 19.1. The van der Waals surface area contributed by atoms with E-state index < -0.39 is 6.17 Å². The number of ether oxygens (including phenoxy) is 1. The van der Waals surface area contributed by atoms with Crippen LogP contribution in [-0.2, 0) is 14.3 Å². The Kier molecular flexibility index (Phi) is 6.41. The molecule has 2 amide bonds. The van der Waals surface area contributed by atoms with E-state index in [9.17, 15) is 14.0 Å². The van der Waals surface area contributed by atoms with Gasteiger partial charge in [0.2, 0.25) is 11.8 Å². The third-order valence-corrected chi connectivity index (χ3v) is 7.46. The zero-order valence-corrected chi connectivity index (χ0v) is 17.6. The van der Waals surface area contributed by atoms with Gasteiger partial charge in [-0.1, -0.05) is 6.92 Å². The Bertz CT molecular complexity index is 595. The average molecular weight is 411 g/mol. The second-order valence-corrected chi connectivity index (χ2v) is 9.39. The summed E-state index contributed by atoms with van der Waals surface area (Å²) >= 11 is 0. The van der Waals surface area contributed by atoms with E-state index in [1.807, 2.05) is 4.90 Å². The third kappa shape index (κ3) is 4.59. The molecule has 0 aromatic heterocycles. The zero-order valence-electron chi connectivity index (χ0n) is 17.6. The summed E-state index contributed by atoms with van der Waals surface area (Å²) in [5.74, 6) is 0.488. The van der Waals surface area contributed by atoms with Gasteiger partial charge in [-0.25, -0.2) is 4.39 Å². The van der Waals surface area contributed by atoms with Crippen molar-refractivity contribution in [2.24, 2.45) is 11.8 Å². The van der Waals surface area contributed by atoms with E-state index in [0.717, 1.165) is 39.0 Å². The van der Waals surface area contributed by atoms with Gasteiger partial charge >= 0.3 is 0 Å². The first-order chi connectivity index (χ1) is 13.9. The van der Waals surface area contributed by atoms with Crippen LogP contribution in [0.1, 0.15) is 39.5 Å². The number of halogens is 1. The van der Waals surface area contributed by atoms with E-state index in [1.165, 1.54) is 0 Å². The minimum absolute atomic E-state index is 0.0184. The maximum Gasteiger partial charge on any atom is 0.237 e. The molecular weight excluding hydrogens is 375 g/mol. The largest absolute Gasteiger partial charge is 0.378 e. The monoisotopic (exact) mass is 410 g/mol. The first-order valence-corrected chi connectivity index (χ1v) is 11.2. The normalized spacial score (nSPS) is 41.1. The molecule has 3 heterocycles. The molecule has 1 saturated carbocycles. The van der Waals surface area contributed by atoms with Crippen molar-refractivity contribution in [2.75, 3.05) is 39.4 Å². The molecule has 4 rings (SSSR count). The van der Waals surface area contributed by atoms with Crippen LogP contribution in [0.25, 0.3) is 0 Å². The molecule has 0 radical (unpaired) electrons. The number of nitrogens with zero attached hydrogens (tertiary/aromatic N) is 2. The maximum atomic E-state index is 14.3. The number of carbonyl (C=O) groups excluding carboxylic acids is 2. The highest BCUT2D eigenvalue weighted by Crippen LogP contribution is 2.38. The van der Waals surface area contributed by atoms with E-state index >= 15 is 0 Å². The fraction of sp³-hybridized carbons (Fsp3) is 0.905. The number of rotatable bonds is 3. The molecule has 164 valence electrons. The lowest BCUT2D eigenvalue weighted by molar-refractivity contribution is -0.132. The van der Waals surface area contributed by atoms with Crippen LogP contribution in [0.2, 0.25) is 0 Å². The van der Waals surface area contributed by atoms with Crippen molar-refractivity contribution < 1.29 is 18.7 Å². The Morgan fingerprint density at radius 2 is 1.86 bits per heavy atom. The molecule has 8 heteroatoms. The van der Waals surface area contributed by atoms with Crippen LogP contribution < -0.4 is 10.6 Å². The number of carbonyl (C=O) groups is 2. The van der Waals surface area contributed by atoms with Crippen molar-refractivity contribution in [3.8, 4) is 0 Å². The van der Waals surface area contributed by atoms with Crippen molar-refractivity contribution in [1.29, 1.82) is 0 Å². The van der Waals surface area contributed by atoms with Crippen LogP contribution in [-0.4, -0.2) is 91.3 Å². The van der Waals surface area contributed by atoms with Crippen molar-refractivity contribution in [3.63, 3.8) is 0 Å². The van der Waals surface area contributed by atoms with E-state index in [0.29, 0.717) is 32.0 Å². The predicted octanol–water partition coefficient (Wildman–Crippen LogP) is 0.539. The number of hydrogen-bond acceptors (Lipinski definition) is 5. The number of hydrogen-bond donors (Lipinski definition) is 2. The Hall–Kier alpha value is -1.25. The second kappa shape index (κ2) is 8.86. The number of nitrogens with one attached hydrogen (secondary N) is 2. The summed E-state index contributed by atoms with van der Waals surface area (Å²) in [6, 6.07) is 0.0540. The predicted molar refractivity (Wildman–Crippen MR) is 107 cm³/mol. The molecule has 7 atom stereocenters. The van der Waals surface area contributed by atoms with Crippen LogP contribution in [0.4, 0.5) is 4.39 Å². The fourth-order valence-corrected chi connectivity index (χ4v) is 5.67. The summed E-state index contributed by atoms with van der Waals surface area (Å²) in [5, 5.41) is 6.57. The Morgan fingerprint density at radius 1 is 1.10 bits per heavy atom. The maximum absolute atomic E-state index is 14.3. The topological polar surface area (TPSA) is 73.9 Å². The van der Waals surface area contributed by atoms with Gasteiger partial charge in [0.05, 0.1) is 25.3 Å². The van der Waals surface area contributed by atoms with E-state index in [4.69, 9.17) is 4.74 Å². The molecule has 2 N–H and O–H groups in total. The first kappa shape index (κ1) is 21.0. The molecule has 4 fully saturated rings. The van der Waals surface area contributed by atoms with Gasteiger partial charge in [-0.15, -0.1) is 0 Å². The molecule has 3 aliphatic heterocycles. The summed E-state index contributed by atoms with van der Waals surface area (Å²) in [6.07, 6.45) is 2.16. The lowest BCUT2D eigenvalue weighted by atomic mass is 9.77. The van der Waals surface area contributed by atoms with Crippen molar-refractivity contribution in [1.82, 2.24) is 20.4 Å². The minimum Gasteiger partial charge on any atom is -0.378 e. The average Bonchev–Trinajstić information content (AvgIpc) is 3.18. The number of piperazine rings is 1. The summed E-state index contributed by atoms with van der Waals surface area (Å²) in [7, 11) is 0. The van der Waals surface area contributed by atoms with E-state index in [-0.39, 0.29) is 41.9 Å². The SMILES string of the molecule is CC(=O)N1CCN([C@H]2COC[C@H](NC(=O)C3CC4C(F)CCC(C)C4N3)C2)CC1. The summed E-state index contributed by atoms with van der Waals surface area (Å²) in [4.78, 5) is 28.6. The van der Waals surface area contributed by atoms with Crippen LogP contribution in [0.3, 0.4) is 0 Å². The van der Waals surface area contributed by atoms with Crippen LogP contribution in [0, 0.1) is 11.8 Å². The van der Waals surface area contributed by atoms with Crippen LogP contribution in [0.5, 0.6) is 0 Å². The van der Waals surface area contributed by atoms with Gasteiger partial charge in [-0.05, 0) is 31.6 Å². The molecule has 0 aromatic carbocycles. The smallest absolute Gasteiger partial charge is 0.237 e. The summed E-state index contributed by atoms with van der Waals surface area (Å²) in [6.45, 7) is 8.15. The molecule has 0 bridgehead atoms. The fourth-order valence-electron chi connectivity index (χ4n) is 5.67. The molecule has 7 nitrogen and oxygen atoms in total. The molecule has 29 heavy (non-hydrogen) atoms. The highest BCUT2D eigenvalue weighted by Gasteiger charge is 2.46. The number of amides is 2. The second-order valence-electron chi connectivity index (χ2n) is 9.39. The van der Waals surface area contributed by atoms with Gasteiger partial charge < -0.3 is 20.3 Å². The summed E-state index contributed by atoms with van der Waals surface area (Å²) in [5.41, 5.74) is 0. The zero-order chi connectivity index (χ0) is 20.5. The van der Waals surface area contributed by atoms with Crippen LogP contribution >= 0.6 is 0 Å². The van der Waals surface area contributed by atoms with Crippen molar-refractivity contribution in [2.45, 2.75) is 69.9 Å². The van der Waals surface area contributed by atoms with E-state index in [1.54, 1.807) is 6.92 Å². The molecule has 0 aromatic rings. The van der Waals surface area contributed by atoms with Gasteiger partial charge in [-0.3, -0.25) is 14.5 Å². The molecule has 5 unspecified atom stereocenters.